The number of aromatic nitrogens is 2. The molecule has 1 atom stereocenters. The third kappa shape index (κ3) is 4.04. The first-order valence-electron chi connectivity index (χ1n) is 6.94. The molecule has 2 heterocycles. The van der Waals surface area contributed by atoms with E-state index < -0.39 is 0 Å². The van der Waals surface area contributed by atoms with Gasteiger partial charge in [0.1, 0.15) is 4.47 Å². The maximum atomic E-state index is 12.1. The number of ether oxygens (including phenoxy) is 1. The summed E-state index contributed by atoms with van der Waals surface area (Å²) in [5.74, 6) is 0. The van der Waals surface area contributed by atoms with Crippen molar-refractivity contribution in [2.75, 3.05) is 32.1 Å². The average Bonchev–Trinajstić information content (AvgIpc) is 2.72. The Bertz CT molecular complexity index is 484. The van der Waals surface area contributed by atoms with E-state index in [4.69, 9.17) is 4.74 Å². The Morgan fingerprint density at radius 1 is 1.60 bits per heavy atom. The van der Waals surface area contributed by atoms with Crippen molar-refractivity contribution >= 4 is 21.6 Å². The molecule has 112 valence electrons. The fraction of sp³-hybridized carbons (Fsp3) is 0.692. The Hall–Kier alpha value is -0.920. The summed E-state index contributed by atoms with van der Waals surface area (Å²) in [6, 6.07) is 0.338. The van der Waals surface area contributed by atoms with Crippen molar-refractivity contribution in [3.8, 4) is 0 Å². The van der Waals surface area contributed by atoms with Crippen LogP contribution in [0.25, 0.3) is 0 Å². The molecule has 20 heavy (non-hydrogen) atoms. The van der Waals surface area contributed by atoms with Crippen LogP contribution in [0.1, 0.15) is 19.3 Å². The second kappa shape index (κ2) is 7.75. The molecule has 1 fully saturated rings. The van der Waals surface area contributed by atoms with E-state index >= 15 is 0 Å². The molecule has 0 aliphatic carbocycles. The molecule has 7 heteroatoms. The quantitative estimate of drug-likeness (QED) is 0.840. The molecule has 1 aliphatic heterocycles. The first-order valence-corrected chi connectivity index (χ1v) is 7.73. The predicted octanol–water partition coefficient (Wildman–Crippen LogP) is 1.21. The lowest BCUT2D eigenvalue weighted by molar-refractivity contribution is 0.181. The van der Waals surface area contributed by atoms with Crippen LogP contribution in [0, 0.1) is 0 Å². The lowest BCUT2D eigenvalue weighted by Gasteiger charge is -2.18. The van der Waals surface area contributed by atoms with E-state index in [1.54, 1.807) is 13.3 Å². The third-order valence-corrected chi connectivity index (χ3v) is 4.16. The predicted molar refractivity (Wildman–Crippen MR) is 82.2 cm³/mol. The smallest absolute Gasteiger partial charge is 0.283 e. The minimum absolute atomic E-state index is 0.131. The van der Waals surface area contributed by atoms with Gasteiger partial charge in [-0.1, -0.05) is 6.42 Å². The summed E-state index contributed by atoms with van der Waals surface area (Å²) in [6.07, 6.45) is 5.20. The summed E-state index contributed by atoms with van der Waals surface area (Å²) in [5, 5.41) is 11.0. The topological polar surface area (TPSA) is 68.2 Å². The van der Waals surface area contributed by atoms with Crippen molar-refractivity contribution in [2.45, 2.75) is 31.8 Å². The van der Waals surface area contributed by atoms with Crippen molar-refractivity contribution in [2.24, 2.45) is 0 Å². The highest BCUT2D eigenvalue weighted by molar-refractivity contribution is 9.10. The molecule has 2 rings (SSSR count). The summed E-state index contributed by atoms with van der Waals surface area (Å²) in [5.41, 5.74) is 0.631. The molecule has 0 aromatic carbocycles. The molecule has 0 radical (unpaired) electrons. The third-order valence-electron chi connectivity index (χ3n) is 3.40. The van der Waals surface area contributed by atoms with Gasteiger partial charge in [0, 0.05) is 19.7 Å². The van der Waals surface area contributed by atoms with E-state index in [-0.39, 0.29) is 5.56 Å². The lowest BCUT2D eigenvalue weighted by atomic mass is 10.1. The fourth-order valence-electron chi connectivity index (χ4n) is 2.26. The first-order chi connectivity index (χ1) is 9.72. The van der Waals surface area contributed by atoms with Gasteiger partial charge in [0.25, 0.3) is 5.56 Å². The van der Waals surface area contributed by atoms with Crippen molar-refractivity contribution in [1.82, 2.24) is 15.1 Å². The summed E-state index contributed by atoms with van der Waals surface area (Å²) < 4.78 is 6.91. The monoisotopic (exact) mass is 344 g/mol. The largest absolute Gasteiger partial charge is 0.383 e. The second-order valence-corrected chi connectivity index (χ2v) is 5.73. The average molecular weight is 345 g/mol. The number of anilines is 1. The van der Waals surface area contributed by atoms with E-state index in [1.165, 1.54) is 17.5 Å². The molecule has 0 bridgehead atoms. The van der Waals surface area contributed by atoms with Crippen LogP contribution in [0.2, 0.25) is 0 Å². The van der Waals surface area contributed by atoms with Crippen LogP contribution in [-0.2, 0) is 11.3 Å². The summed E-state index contributed by atoms with van der Waals surface area (Å²) >= 11 is 3.37. The molecule has 0 spiro atoms. The standard InChI is InChI=1S/C13H21BrN4O2/c1-20-7-6-18-13(19)12(14)11(9-16-18)17-10-4-2-3-5-15-8-10/h9-10,15,17H,2-8H2,1H3. The maximum absolute atomic E-state index is 12.1. The van der Waals surface area contributed by atoms with Crippen molar-refractivity contribution in [1.29, 1.82) is 0 Å². The van der Waals surface area contributed by atoms with E-state index in [1.807, 2.05) is 0 Å². The zero-order chi connectivity index (χ0) is 14.4. The van der Waals surface area contributed by atoms with Crippen LogP contribution in [-0.4, -0.2) is 42.6 Å². The zero-order valence-electron chi connectivity index (χ0n) is 11.7. The van der Waals surface area contributed by atoms with E-state index in [2.05, 4.69) is 31.7 Å². The first kappa shape index (κ1) is 15.5. The molecule has 1 saturated heterocycles. The van der Waals surface area contributed by atoms with Crippen LogP contribution in [0.3, 0.4) is 0 Å². The van der Waals surface area contributed by atoms with Gasteiger partial charge in [0.2, 0.25) is 0 Å². The minimum atomic E-state index is -0.131. The van der Waals surface area contributed by atoms with Gasteiger partial charge in [0.15, 0.2) is 0 Å². The van der Waals surface area contributed by atoms with Gasteiger partial charge in [-0.2, -0.15) is 5.10 Å². The van der Waals surface area contributed by atoms with E-state index in [0.717, 1.165) is 25.2 Å². The van der Waals surface area contributed by atoms with Gasteiger partial charge in [0.05, 0.1) is 25.0 Å². The van der Waals surface area contributed by atoms with Crippen LogP contribution in [0.4, 0.5) is 5.69 Å². The van der Waals surface area contributed by atoms with Gasteiger partial charge in [-0.3, -0.25) is 4.79 Å². The summed E-state index contributed by atoms with van der Waals surface area (Å²) in [7, 11) is 1.61. The molecule has 1 aliphatic rings. The number of hydrogen-bond acceptors (Lipinski definition) is 5. The Labute approximate surface area is 127 Å². The Morgan fingerprint density at radius 3 is 3.25 bits per heavy atom. The van der Waals surface area contributed by atoms with Gasteiger partial charge in [-0.15, -0.1) is 0 Å². The normalized spacial score (nSPS) is 19.6. The lowest BCUT2D eigenvalue weighted by Crippen LogP contribution is -2.33. The Morgan fingerprint density at radius 2 is 2.45 bits per heavy atom. The molecule has 0 saturated carbocycles. The number of rotatable bonds is 5. The number of nitrogens with zero attached hydrogens (tertiary/aromatic N) is 2. The van der Waals surface area contributed by atoms with Crippen molar-refractivity contribution in [3.63, 3.8) is 0 Å². The maximum Gasteiger partial charge on any atom is 0.283 e. The molecule has 1 aromatic rings. The Kier molecular flexibility index (Phi) is 6.00. The zero-order valence-corrected chi connectivity index (χ0v) is 13.3. The second-order valence-electron chi connectivity index (χ2n) is 4.93. The van der Waals surface area contributed by atoms with Gasteiger partial charge < -0.3 is 15.4 Å². The molecule has 0 amide bonds. The molecule has 1 aromatic heterocycles. The Balaban J connectivity index is 2.08. The molecular weight excluding hydrogens is 324 g/mol. The van der Waals surface area contributed by atoms with Crippen molar-refractivity contribution in [3.05, 3.63) is 21.0 Å². The van der Waals surface area contributed by atoms with Crippen LogP contribution >= 0.6 is 15.9 Å². The highest BCUT2D eigenvalue weighted by atomic mass is 79.9. The van der Waals surface area contributed by atoms with Crippen LogP contribution in [0.5, 0.6) is 0 Å². The van der Waals surface area contributed by atoms with E-state index in [9.17, 15) is 4.79 Å². The number of halogens is 1. The SMILES string of the molecule is COCCn1ncc(NC2CCCCNC2)c(Br)c1=O. The summed E-state index contributed by atoms with van der Waals surface area (Å²) in [4.78, 5) is 12.1. The highest BCUT2D eigenvalue weighted by Gasteiger charge is 2.15. The molecule has 1 unspecified atom stereocenters. The minimum Gasteiger partial charge on any atom is -0.383 e. The van der Waals surface area contributed by atoms with E-state index in [0.29, 0.717) is 23.7 Å². The van der Waals surface area contributed by atoms with Crippen LogP contribution in [0.15, 0.2) is 15.5 Å². The number of hydrogen-bond donors (Lipinski definition) is 2. The molecule has 6 nitrogen and oxygen atoms in total. The van der Waals surface area contributed by atoms with Gasteiger partial charge >= 0.3 is 0 Å². The number of nitrogens with one attached hydrogen (secondary N) is 2. The fourth-order valence-corrected chi connectivity index (χ4v) is 2.69. The summed E-state index contributed by atoms with van der Waals surface area (Å²) in [6.45, 7) is 2.91. The van der Waals surface area contributed by atoms with Gasteiger partial charge in [-0.05, 0) is 35.3 Å². The van der Waals surface area contributed by atoms with Gasteiger partial charge in [-0.25, -0.2) is 4.68 Å². The van der Waals surface area contributed by atoms with Crippen LogP contribution < -0.4 is 16.2 Å². The molecule has 2 N–H and O–H groups in total. The molecular formula is C13H21BrN4O2. The highest BCUT2D eigenvalue weighted by Crippen LogP contribution is 2.19. The number of methoxy groups -OCH3 is 1. The van der Waals surface area contributed by atoms with Crippen molar-refractivity contribution < 1.29 is 4.74 Å².